The summed E-state index contributed by atoms with van der Waals surface area (Å²) in [5.41, 5.74) is 4.91. The van der Waals surface area contributed by atoms with Crippen LogP contribution >= 0.6 is 11.6 Å². The number of unbranched alkanes of at least 4 members (excludes halogenated alkanes) is 4. The zero-order chi connectivity index (χ0) is 25.3. The fourth-order valence-corrected chi connectivity index (χ4v) is 5.77. The first-order valence-corrected chi connectivity index (χ1v) is 14.2. The molecule has 3 aromatic carbocycles. The summed E-state index contributed by atoms with van der Waals surface area (Å²) in [5.74, 6) is 0.553. The van der Waals surface area contributed by atoms with Crippen molar-refractivity contribution in [3.05, 3.63) is 94.0 Å². The van der Waals surface area contributed by atoms with Crippen molar-refractivity contribution < 1.29 is 8.78 Å². The van der Waals surface area contributed by atoms with E-state index in [0.717, 1.165) is 18.4 Å². The smallest absolute Gasteiger partial charge is 0.142 e. The summed E-state index contributed by atoms with van der Waals surface area (Å²) in [6, 6.07) is 19.2. The van der Waals surface area contributed by atoms with Crippen LogP contribution in [0, 0.1) is 17.6 Å². The molecule has 3 heteroatoms. The summed E-state index contributed by atoms with van der Waals surface area (Å²) in [6.45, 7) is 2.26. The van der Waals surface area contributed by atoms with Crippen molar-refractivity contribution in [2.24, 2.45) is 5.92 Å². The van der Waals surface area contributed by atoms with Crippen LogP contribution in [0.5, 0.6) is 0 Å². The summed E-state index contributed by atoms with van der Waals surface area (Å²) in [4.78, 5) is 0. The molecule has 0 nitrogen and oxygen atoms in total. The Morgan fingerprint density at radius 1 is 0.722 bits per heavy atom. The topological polar surface area (TPSA) is 0 Å². The minimum absolute atomic E-state index is 0.0516. The van der Waals surface area contributed by atoms with Crippen LogP contribution in [0.25, 0.3) is 11.1 Å². The molecular weight excluding hydrogens is 470 g/mol. The predicted octanol–water partition coefficient (Wildman–Crippen LogP) is 10.7. The number of hydrogen-bond acceptors (Lipinski definition) is 0. The van der Waals surface area contributed by atoms with E-state index >= 15 is 0 Å². The minimum Gasteiger partial charge on any atom is -0.206 e. The maximum absolute atomic E-state index is 14.8. The van der Waals surface area contributed by atoms with Gasteiger partial charge in [0.1, 0.15) is 11.6 Å². The van der Waals surface area contributed by atoms with Gasteiger partial charge in [0.05, 0.1) is 5.02 Å². The molecule has 1 aliphatic rings. The lowest BCUT2D eigenvalue weighted by Gasteiger charge is -2.29. The summed E-state index contributed by atoms with van der Waals surface area (Å²) >= 11 is 5.76. The quantitative estimate of drug-likeness (QED) is 0.226. The molecule has 0 N–H and O–H groups in total. The second-order valence-corrected chi connectivity index (χ2v) is 11.0. The molecule has 0 atom stereocenters. The first-order chi connectivity index (χ1) is 17.5. The van der Waals surface area contributed by atoms with Crippen molar-refractivity contribution in [1.29, 1.82) is 0 Å². The summed E-state index contributed by atoms with van der Waals surface area (Å²) < 4.78 is 28.5. The highest BCUT2D eigenvalue weighted by atomic mass is 35.5. The van der Waals surface area contributed by atoms with Crippen molar-refractivity contribution in [1.82, 2.24) is 0 Å². The van der Waals surface area contributed by atoms with E-state index in [0.29, 0.717) is 23.0 Å². The minimum atomic E-state index is -0.526. The number of halogens is 3. The van der Waals surface area contributed by atoms with E-state index in [1.54, 1.807) is 18.2 Å². The number of rotatable bonds is 11. The van der Waals surface area contributed by atoms with Crippen molar-refractivity contribution in [2.45, 2.75) is 89.9 Å². The first kappa shape index (κ1) is 26.9. The van der Waals surface area contributed by atoms with Crippen LogP contribution in [0.4, 0.5) is 8.78 Å². The Hall–Kier alpha value is -2.19. The summed E-state index contributed by atoms with van der Waals surface area (Å²) in [7, 11) is 0. The number of benzene rings is 3. The van der Waals surface area contributed by atoms with Gasteiger partial charge in [0, 0.05) is 5.56 Å². The van der Waals surface area contributed by atoms with E-state index in [2.05, 4.69) is 31.2 Å². The van der Waals surface area contributed by atoms with E-state index in [-0.39, 0.29) is 10.8 Å². The van der Waals surface area contributed by atoms with Gasteiger partial charge in [-0.2, -0.15) is 0 Å². The van der Waals surface area contributed by atoms with Gasteiger partial charge in [-0.05, 0) is 104 Å². The lowest BCUT2D eigenvalue weighted by atomic mass is 9.76. The van der Waals surface area contributed by atoms with Crippen LogP contribution in [0.2, 0.25) is 5.02 Å². The molecule has 3 aromatic rings. The molecule has 0 aromatic heterocycles. The van der Waals surface area contributed by atoms with Crippen LogP contribution in [-0.4, -0.2) is 0 Å². The van der Waals surface area contributed by atoms with Gasteiger partial charge < -0.3 is 0 Å². The Kier molecular flexibility index (Phi) is 9.98. The molecule has 0 aliphatic heterocycles. The highest BCUT2D eigenvalue weighted by Crippen LogP contribution is 2.38. The molecule has 36 heavy (non-hydrogen) atoms. The van der Waals surface area contributed by atoms with Gasteiger partial charge in [-0.1, -0.05) is 86.7 Å². The molecule has 1 aliphatic carbocycles. The Morgan fingerprint density at radius 2 is 1.44 bits per heavy atom. The molecular formula is C33H39ClF2. The largest absolute Gasteiger partial charge is 0.206 e. The van der Waals surface area contributed by atoms with E-state index in [1.165, 1.54) is 87.5 Å². The van der Waals surface area contributed by atoms with Gasteiger partial charge in [0.15, 0.2) is 0 Å². The van der Waals surface area contributed by atoms with Crippen molar-refractivity contribution in [2.75, 3.05) is 0 Å². The SMILES string of the molecule is CCCCCCCc1ccc(C2CCC(CCc3ccc(-c4ccc(Cl)c(F)c4)c(F)c3)CC2)cc1. The number of hydrogen-bond donors (Lipinski definition) is 0. The average molecular weight is 509 g/mol. The first-order valence-electron chi connectivity index (χ1n) is 13.9. The molecule has 0 heterocycles. The van der Waals surface area contributed by atoms with E-state index < -0.39 is 5.82 Å². The van der Waals surface area contributed by atoms with Crippen molar-refractivity contribution in [3.63, 3.8) is 0 Å². The van der Waals surface area contributed by atoms with Gasteiger partial charge in [-0.3, -0.25) is 0 Å². The zero-order valence-corrected chi connectivity index (χ0v) is 22.3. The van der Waals surface area contributed by atoms with Crippen LogP contribution in [0.15, 0.2) is 60.7 Å². The zero-order valence-electron chi connectivity index (χ0n) is 21.5. The molecule has 0 amide bonds. The fraction of sp³-hybridized carbons (Fsp3) is 0.455. The summed E-state index contributed by atoms with van der Waals surface area (Å²) in [5, 5.41) is 0.0516. The molecule has 192 valence electrons. The molecule has 0 bridgehead atoms. The molecule has 1 fully saturated rings. The van der Waals surface area contributed by atoms with Crippen LogP contribution in [0.3, 0.4) is 0 Å². The van der Waals surface area contributed by atoms with Gasteiger partial charge >= 0.3 is 0 Å². The second-order valence-electron chi connectivity index (χ2n) is 10.6. The molecule has 0 radical (unpaired) electrons. The van der Waals surface area contributed by atoms with E-state index in [4.69, 9.17) is 11.6 Å². The average Bonchev–Trinajstić information content (AvgIpc) is 2.90. The standard InChI is InChI=1S/C33H39ClF2/c1-2-3-4-5-6-7-24-10-15-27(16-11-24)28-17-12-25(13-18-28)8-9-26-14-20-30(32(35)22-26)29-19-21-31(34)33(36)23-29/h10-11,14-16,19-23,25,28H,2-9,12-13,17-18H2,1H3. The Bertz CT molecular complexity index is 1100. The maximum Gasteiger partial charge on any atom is 0.142 e. The Morgan fingerprint density at radius 3 is 2.14 bits per heavy atom. The monoisotopic (exact) mass is 508 g/mol. The van der Waals surface area contributed by atoms with Crippen LogP contribution in [0.1, 0.15) is 93.7 Å². The lowest BCUT2D eigenvalue weighted by molar-refractivity contribution is 0.310. The Labute approximate surface area is 221 Å². The van der Waals surface area contributed by atoms with E-state index in [1.807, 2.05) is 6.07 Å². The third-order valence-electron chi connectivity index (χ3n) is 7.97. The molecule has 0 spiro atoms. The van der Waals surface area contributed by atoms with Gasteiger partial charge in [-0.15, -0.1) is 0 Å². The van der Waals surface area contributed by atoms with Crippen molar-refractivity contribution in [3.8, 4) is 11.1 Å². The van der Waals surface area contributed by atoms with Crippen molar-refractivity contribution >= 4 is 11.6 Å². The maximum atomic E-state index is 14.8. The van der Waals surface area contributed by atoms with Gasteiger partial charge in [0.25, 0.3) is 0 Å². The summed E-state index contributed by atoms with van der Waals surface area (Å²) in [6.07, 6.45) is 14.8. The molecule has 0 unspecified atom stereocenters. The predicted molar refractivity (Wildman–Crippen MR) is 149 cm³/mol. The second kappa shape index (κ2) is 13.4. The van der Waals surface area contributed by atoms with Gasteiger partial charge in [0.2, 0.25) is 0 Å². The molecule has 0 saturated heterocycles. The Balaban J connectivity index is 1.22. The highest BCUT2D eigenvalue weighted by molar-refractivity contribution is 6.30. The highest BCUT2D eigenvalue weighted by Gasteiger charge is 2.22. The van der Waals surface area contributed by atoms with Gasteiger partial charge in [-0.25, -0.2) is 8.78 Å². The molecule has 4 rings (SSSR count). The number of aryl methyl sites for hydroxylation is 2. The lowest BCUT2D eigenvalue weighted by Crippen LogP contribution is -2.14. The van der Waals surface area contributed by atoms with Crippen LogP contribution < -0.4 is 0 Å². The van der Waals surface area contributed by atoms with Crippen LogP contribution in [-0.2, 0) is 12.8 Å². The third-order valence-corrected chi connectivity index (χ3v) is 8.28. The third kappa shape index (κ3) is 7.42. The normalized spacial score (nSPS) is 17.9. The molecule has 1 saturated carbocycles. The fourth-order valence-electron chi connectivity index (χ4n) is 5.66. The van der Waals surface area contributed by atoms with E-state index in [9.17, 15) is 8.78 Å².